The molecular formula is C18H22N2O2S. The van der Waals surface area contributed by atoms with E-state index in [9.17, 15) is 10.2 Å². The van der Waals surface area contributed by atoms with E-state index in [4.69, 9.17) is 0 Å². The fraction of sp³-hybridized carbons (Fsp3) is 0.389. The zero-order valence-corrected chi connectivity index (χ0v) is 14.0. The van der Waals surface area contributed by atoms with Crippen molar-refractivity contribution in [2.45, 2.75) is 36.5 Å². The number of aliphatic hydroxyl groups is 2. The first kappa shape index (κ1) is 16.0. The number of aliphatic hydroxyl groups excluding tert-OH is 2. The Hall–Kier alpha value is -1.88. The SMILES string of the molecule is CCC1=C(O)N=C(O)N(CC2CC=CC2)C1Sc1ccccc1. The highest BCUT2D eigenvalue weighted by Crippen LogP contribution is 2.37. The van der Waals surface area contributed by atoms with Gasteiger partial charge in [0.15, 0.2) is 0 Å². The maximum atomic E-state index is 10.3. The van der Waals surface area contributed by atoms with Gasteiger partial charge in [-0.15, -0.1) is 0 Å². The lowest BCUT2D eigenvalue weighted by Crippen LogP contribution is -2.44. The number of hydrogen-bond donors (Lipinski definition) is 2. The number of amidine groups is 1. The van der Waals surface area contributed by atoms with Crippen LogP contribution in [0.1, 0.15) is 26.2 Å². The van der Waals surface area contributed by atoms with Gasteiger partial charge in [-0.2, -0.15) is 4.99 Å². The lowest BCUT2D eigenvalue weighted by Gasteiger charge is -2.36. The highest BCUT2D eigenvalue weighted by Gasteiger charge is 2.33. The maximum absolute atomic E-state index is 10.3. The molecule has 1 aliphatic carbocycles. The van der Waals surface area contributed by atoms with Gasteiger partial charge in [0, 0.05) is 17.0 Å². The average molecular weight is 330 g/mol. The molecule has 0 fully saturated rings. The van der Waals surface area contributed by atoms with Crippen molar-refractivity contribution in [2.75, 3.05) is 6.54 Å². The highest BCUT2D eigenvalue weighted by atomic mass is 32.2. The summed E-state index contributed by atoms with van der Waals surface area (Å²) in [4.78, 5) is 6.99. The molecule has 2 N–H and O–H groups in total. The third-order valence-corrected chi connectivity index (χ3v) is 5.57. The maximum Gasteiger partial charge on any atom is 0.294 e. The Morgan fingerprint density at radius 3 is 2.52 bits per heavy atom. The summed E-state index contributed by atoms with van der Waals surface area (Å²) in [5.41, 5.74) is 0.864. The summed E-state index contributed by atoms with van der Waals surface area (Å²) in [6, 6.07) is 10.00. The molecule has 0 saturated heterocycles. The van der Waals surface area contributed by atoms with Crippen molar-refractivity contribution in [3.63, 3.8) is 0 Å². The Morgan fingerprint density at radius 2 is 1.87 bits per heavy atom. The standard InChI is InChI=1S/C18H22N2O2S/c1-2-15-16(21)19-18(22)20(12-13-8-6-7-9-13)17(15)23-14-10-4-3-5-11-14/h3-7,10-11,13,17,21H,2,8-9,12H2,1H3,(H,19,22). The minimum Gasteiger partial charge on any atom is -0.493 e. The Balaban J connectivity index is 1.86. The number of hydrogen-bond acceptors (Lipinski definition) is 4. The molecule has 2 aliphatic rings. The third kappa shape index (κ3) is 3.55. The molecule has 0 aromatic heterocycles. The van der Waals surface area contributed by atoms with Gasteiger partial charge in [0.2, 0.25) is 5.88 Å². The smallest absolute Gasteiger partial charge is 0.294 e. The predicted molar refractivity (Wildman–Crippen MR) is 94.7 cm³/mol. The number of rotatable bonds is 5. The minimum atomic E-state index is -0.125. The van der Waals surface area contributed by atoms with Crippen molar-refractivity contribution >= 4 is 17.8 Å². The summed E-state index contributed by atoms with van der Waals surface area (Å²) < 4.78 is 0. The zero-order valence-electron chi connectivity index (χ0n) is 13.2. The molecule has 0 saturated carbocycles. The van der Waals surface area contributed by atoms with Gasteiger partial charge in [0.1, 0.15) is 5.37 Å². The van der Waals surface area contributed by atoms with Gasteiger partial charge in [-0.3, -0.25) is 0 Å². The van der Waals surface area contributed by atoms with Crippen LogP contribution in [0, 0.1) is 5.92 Å². The van der Waals surface area contributed by atoms with Crippen LogP contribution < -0.4 is 0 Å². The van der Waals surface area contributed by atoms with Crippen molar-refractivity contribution in [3.05, 3.63) is 53.9 Å². The molecule has 1 aromatic rings. The lowest BCUT2D eigenvalue weighted by molar-refractivity contribution is 0.263. The van der Waals surface area contributed by atoms with E-state index in [1.165, 1.54) is 0 Å². The van der Waals surface area contributed by atoms with E-state index < -0.39 is 0 Å². The summed E-state index contributed by atoms with van der Waals surface area (Å²) >= 11 is 1.64. The molecular weight excluding hydrogens is 308 g/mol. The number of nitrogens with zero attached hydrogens (tertiary/aromatic N) is 2. The van der Waals surface area contributed by atoms with Crippen LogP contribution in [0.3, 0.4) is 0 Å². The van der Waals surface area contributed by atoms with Crippen molar-refractivity contribution in [3.8, 4) is 0 Å². The predicted octanol–water partition coefficient (Wildman–Crippen LogP) is 4.48. The van der Waals surface area contributed by atoms with Crippen molar-refractivity contribution in [1.82, 2.24) is 4.90 Å². The molecule has 1 aromatic carbocycles. The van der Waals surface area contributed by atoms with Crippen molar-refractivity contribution < 1.29 is 10.2 Å². The molecule has 0 bridgehead atoms. The van der Waals surface area contributed by atoms with Crippen molar-refractivity contribution in [1.29, 1.82) is 0 Å². The van der Waals surface area contributed by atoms with Crippen LogP contribution >= 0.6 is 11.8 Å². The van der Waals surface area contributed by atoms with Gasteiger partial charge in [0.25, 0.3) is 6.02 Å². The van der Waals surface area contributed by atoms with Crippen LogP contribution in [0.25, 0.3) is 0 Å². The Bertz CT molecular complexity index is 632. The second kappa shape index (κ2) is 7.13. The molecule has 23 heavy (non-hydrogen) atoms. The van der Waals surface area contributed by atoms with Gasteiger partial charge in [0.05, 0.1) is 0 Å². The molecule has 3 rings (SSSR count). The molecule has 0 amide bonds. The topological polar surface area (TPSA) is 56.1 Å². The fourth-order valence-corrected chi connectivity index (χ4v) is 4.30. The second-order valence-electron chi connectivity index (χ2n) is 5.86. The van der Waals surface area contributed by atoms with Gasteiger partial charge < -0.3 is 15.1 Å². The first-order valence-corrected chi connectivity index (χ1v) is 8.90. The van der Waals surface area contributed by atoms with Gasteiger partial charge in [-0.1, -0.05) is 49.0 Å². The molecule has 0 radical (unpaired) electrons. The number of aliphatic imine (C=N–C) groups is 1. The molecule has 5 heteroatoms. The Labute approximate surface area is 141 Å². The normalized spacial score (nSPS) is 21.9. The van der Waals surface area contributed by atoms with E-state index >= 15 is 0 Å². The summed E-state index contributed by atoms with van der Waals surface area (Å²) in [7, 11) is 0. The number of allylic oxidation sites excluding steroid dienone is 2. The highest BCUT2D eigenvalue weighted by molar-refractivity contribution is 8.00. The minimum absolute atomic E-state index is 0.0424. The molecule has 1 aliphatic heterocycles. The van der Waals surface area contributed by atoms with Crippen LogP contribution in [0.2, 0.25) is 0 Å². The Morgan fingerprint density at radius 1 is 1.17 bits per heavy atom. The van der Waals surface area contributed by atoms with Crippen LogP contribution in [-0.2, 0) is 0 Å². The first-order chi connectivity index (χ1) is 11.2. The van der Waals surface area contributed by atoms with Crippen LogP contribution in [0.5, 0.6) is 0 Å². The summed E-state index contributed by atoms with van der Waals surface area (Å²) in [5, 5.41) is 20.3. The van der Waals surface area contributed by atoms with E-state index in [0.29, 0.717) is 12.3 Å². The summed E-state index contributed by atoms with van der Waals surface area (Å²) in [6.45, 7) is 2.75. The molecule has 1 heterocycles. The average Bonchev–Trinajstić information content (AvgIpc) is 3.05. The molecule has 1 atom stereocenters. The number of thioether (sulfide) groups is 1. The summed E-state index contributed by atoms with van der Waals surface area (Å²) in [5.74, 6) is 0.448. The van der Waals surface area contributed by atoms with E-state index in [-0.39, 0.29) is 17.3 Å². The van der Waals surface area contributed by atoms with E-state index in [2.05, 4.69) is 17.1 Å². The van der Waals surface area contributed by atoms with E-state index in [0.717, 1.165) is 29.9 Å². The lowest BCUT2D eigenvalue weighted by atomic mass is 10.1. The molecule has 0 spiro atoms. The zero-order chi connectivity index (χ0) is 16.2. The molecule has 1 unspecified atom stereocenters. The summed E-state index contributed by atoms with van der Waals surface area (Å²) in [6.07, 6.45) is 7.15. The quantitative estimate of drug-likeness (QED) is 0.782. The van der Waals surface area contributed by atoms with E-state index in [1.807, 2.05) is 42.2 Å². The van der Waals surface area contributed by atoms with Crippen molar-refractivity contribution in [2.24, 2.45) is 10.9 Å². The van der Waals surface area contributed by atoms with Crippen LogP contribution in [0.4, 0.5) is 0 Å². The van der Waals surface area contributed by atoms with Crippen LogP contribution in [0.15, 0.2) is 63.8 Å². The monoisotopic (exact) mass is 330 g/mol. The third-order valence-electron chi connectivity index (χ3n) is 4.26. The molecule has 4 nitrogen and oxygen atoms in total. The van der Waals surface area contributed by atoms with Gasteiger partial charge in [-0.05, 0) is 37.3 Å². The van der Waals surface area contributed by atoms with Gasteiger partial charge in [-0.25, -0.2) is 0 Å². The Kier molecular flexibility index (Phi) is 4.96. The largest absolute Gasteiger partial charge is 0.493 e. The van der Waals surface area contributed by atoms with E-state index in [1.54, 1.807) is 11.8 Å². The molecule has 122 valence electrons. The first-order valence-electron chi connectivity index (χ1n) is 8.02. The van der Waals surface area contributed by atoms with Crippen LogP contribution in [-0.4, -0.2) is 33.1 Å². The number of benzene rings is 1. The van der Waals surface area contributed by atoms with Gasteiger partial charge >= 0.3 is 0 Å². The second-order valence-corrected chi connectivity index (χ2v) is 7.01. The fourth-order valence-electron chi connectivity index (χ4n) is 3.01.